The first-order chi connectivity index (χ1) is 10.8. The van der Waals surface area contributed by atoms with Gasteiger partial charge in [-0.1, -0.05) is 11.8 Å². The number of hydrogen-bond acceptors (Lipinski definition) is 5. The van der Waals surface area contributed by atoms with Gasteiger partial charge in [0.2, 0.25) is 5.88 Å². The Kier molecular flexibility index (Phi) is 5.52. The number of aliphatic hydroxyl groups is 1. The summed E-state index contributed by atoms with van der Waals surface area (Å²) in [6.07, 6.45) is 2.29. The van der Waals surface area contributed by atoms with Crippen LogP contribution in [0.2, 0.25) is 0 Å². The lowest BCUT2D eigenvalue weighted by Crippen LogP contribution is -1.98. The maximum atomic E-state index is 10.9. The number of carbonyl (C=O) groups excluding carboxylic acids is 1. The van der Waals surface area contributed by atoms with Gasteiger partial charge in [-0.3, -0.25) is 4.79 Å². The molecule has 0 radical (unpaired) electrons. The minimum absolute atomic E-state index is 0.300. The van der Waals surface area contributed by atoms with E-state index in [-0.39, 0.29) is 0 Å². The van der Waals surface area contributed by atoms with Crippen LogP contribution in [0.25, 0.3) is 0 Å². The molecular weight excluding hydrogens is 282 g/mol. The molecule has 0 aliphatic rings. The molecule has 0 saturated heterocycles. The monoisotopic (exact) mass is 297 g/mol. The first-order valence-electron chi connectivity index (χ1n) is 6.70. The van der Waals surface area contributed by atoms with Crippen LogP contribution in [0, 0.1) is 11.8 Å². The van der Waals surface area contributed by atoms with Crippen LogP contribution in [0.4, 0.5) is 0 Å². The standard InChI is InChI=1S/C17H15NO4/c1-2-21-17-8-6-14(10-18-17)4-3-13-5-7-15(11-19)16(9-13)22-12-20/h5-11,20H,2,12H2,1H3. The number of hydrogen-bond donors (Lipinski definition) is 1. The second-order valence-electron chi connectivity index (χ2n) is 4.21. The summed E-state index contributed by atoms with van der Waals surface area (Å²) in [5.41, 5.74) is 1.78. The van der Waals surface area contributed by atoms with Crippen LogP contribution in [0.3, 0.4) is 0 Å². The Balaban J connectivity index is 2.20. The Hall–Kier alpha value is -2.84. The lowest BCUT2D eigenvalue weighted by atomic mass is 10.1. The number of aldehydes is 1. The molecule has 1 aromatic carbocycles. The predicted molar refractivity (Wildman–Crippen MR) is 80.9 cm³/mol. The van der Waals surface area contributed by atoms with Gasteiger partial charge in [0.15, 0.2) is 13.1 Å². The molecule has 5 heteroatoms. The molecule has 0 aliphatic carbocycles. The van der Waals surface area contributed by atoms with E-state index in [1.165, 1.54) is 0 Å². The van der Waals surface area contributed by atoms with Crippen molar-refractivity contribution >= 4 is 6.29 Å². The van der Waals surface area contributed by atoms with Gasteiger partial charge in [0, 0.05) is 23.4 Å². The van der Waals surface area contributed by atoms with Crippen LogP contribution in [-0.4, -0.2) is 29.8 Å². The third-order valence-corrected chi connectivity index (χ3v) is 2.74. The highest BCUT2D eigenvalue weighted by Crippen LogP contribution is 2.18. The predicted octanol–water partition coefficient (Wildman–Crippen LogP) is 2.02. The topological polar surface area (TPSA) is 68.7 Å². The Labute approximate surface area is 128 Å². The van der Waals surface area contributed by atoms with Crippen LogP contribution in [0.15, 0.2) is 36.5 Å². The number of pyridine rings is 1. The van der Waals surface area contributed by atoms with Gasteiger partial charge < -0.3 is 14.6 Å². The first kappa shape index (κ1) is 15.5. The Bertz CT molecular complexity index is 699. The second-order valence-corrected chi connectivity index (χ2v) is 4.21. The first-order valence-corrected chi connectivity index (χ1v) is 6.70. The average molecular weight is 297 g/mol. The number of benzene rings is 1. The van der Waals surface area contributed by atoms with Gasteiger partial charge in [-0.25, -0.2) is 4.98 Å². The molecule has 0 aliphatic heterocycles. The number of rotatable bonds is 5. The van der Waals surface area contributed by atoms with Crippen LogP contribution < -0.4 is 9.47 Å². The van der Waals surface area contributed by atoms with E-state index in [1.54, 1.807) is 30.5 Å². The van der Waals surface area contributed by atoms with Gasteiger partial charge in [0.05, 0.1) is 12.2 Å². The fourth-order valence-electron chi connectivity index (χ4n) is 1.74. The Morgan fingerprint density at radius 2 is 1.95 bits per heavy atom. The normalized spacial score (nSPS) is 9.55. The summed E-state index contributed by atoms with van der Waals surface area (Å²) < 4.78 is 10.3. The van der Waals surface area contributed by atoms with Crippen molar-refractivity contribution in [1.29, 1.82) is 0 Å². The molecule has 1 heterocycles. The highest BCUT2D eigenvalue weighted by molar-refractivity contribution is 5.79. The molecule has 1 aromatic heterocycles. The molecule has 2 rings (SSSR count). The molecule has 0 fully saturated rings. The minimum atomic E-state index is -0.499. The number of ether oxygens (including phenoxy) is 2. The highest BCUT2D eigenvalue weighted by atomic mass is 16.6. The number of aliphatic hydroxyl groups excluding tert-OH is 1. The molecular formula is C17H15NO4. The third kappa shape index (κ3) is 4.08. The number of carbonyl (C=O) groups is 1. The van der Waals surface area contributed by atoms with E-state index in [2.05, 4.69) is 16.8 Å². The largest absolute Gasteiger partial charge is 0.478 e. The van der Waals surface area contributed by atoms with Crippen LogP contribution >= 0.6 is 0 Å². The quantitative estimate of drug-likeness (QED) is 0.519. The lowest BCUT2D eigenvalue weighted by molar-refractivity contribution is 0.0959. The van der Waals surface area contributed by atoms with E-state index in [1.807, 2.05) is 13.0 Å². The summed E-state index contributed by atoms with van der Waals surface area (Å²) in [6, 6.07) is 8.48. The fraction of sp³-hybridized carbons (Fsp3) is 0.176. The molecule has 0 atom stereocenters. The second kappa shape index (κ2) is 7.81. The van der Waals surface area contributed by atoms with E-state index in [0.717, 1.165) is 5.56 Å². The lowest BCUT2D eigenvalue weighted by Gasteiger charge is -2.05. The van der Waals surface area contributed by atoms with Crippen molar-refractivity contribution in [3.8, 4) is 23.5 Å². The van der Waals surface area contributed by atoms with Crippen molar-refractivity contribution in [2.45, 2.75) is 6.92 Å². The summed E-state index contributed by atoms with van der Waals surface area (Å²) in [5, 5.41) is 8.81. The fourth-order valence-corrected chi connectivity index (χ4v) is 1.74. The maximum Gasteiger partial charge on any atom is 0.213 e. The maximum absolute atomic E-state index is 10.9. The molecule has 0 saturated carbocycles. The van der Waals surface area contributed by atoms with E-state index < -0.39 is 6.79 Å². The van der Waals surface area contributed by atoms with Gasteiger partial charge in [0.1, 0.15) is 5.75 Å². The van der Waals surface area contributed by atoms with Gasteiger partial charge >= 0.3 is 0 Å². The molecule has 5 nitrogen and oxygen atoms in total. The van der Waals surface area contributed by atoms with Crippen molar-refractivity contribution < 1.29 is 19.4 Å². The SMILES string of the molecule is CCOc1ccc(C#Cc2ccc(C=O)c(OCO)c2)cn1. The van der Waals surface area contributed by atoms with Crippen LogP contribution in [0.5, 0.6) is 11.6 Å². The molecule has 0 spiro atoms. The van der Waals surface area contributed by atoms with E-state index in [9.17, 15) is 4.79 Å². The van der Waals surface area contributed by atoms with Gasteiger partial charge in [-0.2, -0.15) is 0 Å². The van der Waals surface area contributed by atoms with E-state index in [0.29, 0.717) is 35.6 Å². The Morgan fingerprint density at radius 1 is 1.18 bits per heavy atom. The van der Waals surface area contributed by atoms with E-state index >= 15 is 0 Å². The van der Waals surface area contributed by atoms with Crippen molar-refractivity contribution in [3.63, 3.8) is 0 Å². The molecule has 0 amide bonds. The van der Waals surface area contributed by atoms with Crippen LogP contribution in [-0.2, 0) is 0 Å². The number of aromatic nitrogens is 1. The highest BCUT2D eigenvalue weighted by Gasteiger charge is 2.03. The smallest absolute Gasteiger partial charge is 0.213 e. The van der Waals surface area contributed by atoms with Crippen molar-refractivity contribution in [2.75, 3.05) is 13.4 Å². The molecule has 0 bridgehead atoms. The summed E-state index contributed by atoms with van der Waals surface area (Å²) in [6.45, 7) is 1.96. The summed E-state index contributed by atoms with van der Waals surface area (Å²) in [7, 11) is 0. The molecule has 2 aromatic rings. The van der Waals surface area contributed by atoms with Crippen molar-refractivity contribution in [2.24, 2.45) is 0 Å². The van der Waals surface area contributed by atoms with E-state index in [4.69, 9.17) is 14.6 Å². The minimum Gasteiger partial charge on any atom is -0.478 e. The Morgan fingerprint density at radius 3 is 2.59 bits per heavy atom. The summed E-state index contributed by atoms with van der Waals surface area (Å²) in [5.74, 6) is 6.77. The van der Waals surface area contributed by atoms with Crippen molar-refractivity contribution in [3.05, 3.63) is 53.2 Å². The zero-order valence-electron chi connectivity index (χ0n) is 12.1. The number of nitrogens with zero attached hydrogens (tertiary/aromatic N) is 1. The third-order valence-electron chi connectivity index (χ3n) is 2.74. The zero-order valence-corrected chi connectivity index (χ0v) is 12.1. The van der Waals surface area contributed by atoms with Crippen LogP contribution in [0.1, 0.15) is 28.4 Å². The van der Waals surface area contributed by atoms with Gasteiger partial charge in [0.25, 0.3) is 0 Å². The van der Waals surface area contributed by atoms with Gasteiger partial charge in [-0.15, -0.1) is 0 Å². The molecule has 1 N–H and O–H groups in total. The summed E-state index contributed by atoms with van der Waals surface area (Å²) >= 11 is 0. The molecule has 112 valence electrons. The van der Waals surface area contributed by atoms with Gasteiger partial charge in [-0.05, 0) is 31.2 Å². The molecule has 22 heavy (non-hydrogen) atoms. The average Bonchev–Trinajstić information content (AvgIpc) is 2.55. The zero-order chi connectivity index (χ0) is 15.8. The molecule has 0 unspecified atom stereocenters. The summed E-state index contributed by atoms with van der Waals surface area (Å²) in [4.78, 5) is 15.0. The van der Waals surface area contributed by atoms with Crippen molar-refractivity contribution in [1.82, 2.24) is 4.98 Å².